The Kier molecular flexibility index (Phi) is 3.84. The van der Waals surface area contributed by atoms with Gasteiger partial charge >= 0.3 is 5.97 Å². The molecule has 0 amide bonds. The highest BCUT2D eigenvalue weighted by Crippen LogP contribution is 1.92. The molecule has 0 unspecified atom stereocenters. The number of rotatable bonds is 2. The number of ether oxygens (including phenoxy) is 1. The van der Waals surface area contributed by atoms with Crippen LogP contribution in [0.4, 0.5) is 0 Å². The van der Waals surface area contributed by atoms with Crippen molar-refractivity contribution in [1.29, 1.82) is 5.41 Å². The van der Waals surface area contributed by atoms with Crippen LogP contribution in [0, 0.1) is 5.41 Å². The van der Waals surface area contributed by atoms with E-state index in [0.29, 0.717) is 5.70 Å². The lowest BCUT2D eigenvalue weighted by atomic mass is 10.4. The van der Waals surface area contributed by atoms with Gasteiger partial charge in [-0.15, -0.1) is 0 Å². The van der Waals surface area contributed by atoms with Crippen molar-refractivity contribution in [3.05, 3.63) is 11.8 Å². The first-order chi connectivity index (χ1) is 4.70. The highest BCUT2D eigenvalue weighted by molar-refractivity contribution is 5.82. The molecule has 0 aromatic rings. The molecule has 4 nitrogen and oxygen atoms in total. The Bertz CT molecular complexity index is 202. The number of carbonyl (C=O) groups excluding carboxylic acids is 1. The van der Waals surface area contributed by atoms with Crippen molar-refractivity contribution in [2.75, 3.05) is 7.11 Å². The largest absolute Gasteiger partial charge is 0.466 e. The van der Waals surface area contributed by atoms with E-state index in [1.54, 1.807) is 12.9 Å². The maximum absolute atomic E-state index is 10.4. The molecule has 1 N–H and O–H groups in total. The highest BCUT2D eigenvalue weighted by Gasteiger charge is 1.92. The van der Waals surface area contributed by atoms with Gasteiger partial charge in [-0.1, -0.05) is 0 Å². The third kappa shape index (κ3) is 3.57. The summed E-state index contributed by atoms with van der Waals surface area (Å²) in [6.07, 6.45) is 1.18. The minimum Gasteiger partial charge on any atom is -0.466 e. The quantitative estimate of drug-likeness (QED) is 0.350. The summed E-state index contributed by atoms with van der Waals surface area (Å²) in [5, 5.41) is 6.42. The van der Waals surface area contributed by atoms with E-state index in [0.717, 1.165) is 0 Å². The highest BCUT2D eigenvalue weighted by atomic mass is 16.5. The van der Waals surface area contributed by atoms with Gasteiger partial charge in [0.1, 0.15) is 0 Å². The summed E-state index contributed by atoms with van der Waals surface area (Å²) in [7, 11) is 1.28. The molecular formula is C6H8N2O2. The first kappa shape index (κ1) is 8.59. The molecule has 54 valence electrons. The van der Waals surface area contributed by atoms with Gasteiger partial charge < -0.3 is 4.74 Å². The monoisotopic (exact) mass is 140 g/mol. The third-order valence-corrected chi connectivity index (χ3v) is 0.760. The van der Waals surface area contributed by atoms with E-state index in [1.807, 2.05) is 0 Å². The number of aliphatic imine (C=N–C) groups is 1. The molecule has 0 rings (SSSR count). The molecule has 4 heteroatoms. The Labute approximate surface area is 58.7 Å². The predicted molar refractivity (Wildman–Crippen MR) is 35.9 cm³/mol. The smallest absolute Gasteiger partial charge is 0.332 e. The van der Waals surface area contributed by atoms with E-state index in [1.165, 1.54) is 13.2 Å². The van der Waals surface area contributed by atoms with E-state index in [4.69, 9.17) is 5.41 Å². The number of carbonyl (C=O) groups is 1. The molecule has 0 aromatic heterocycles. The van der Waals surface area contributed by atoms with Crippen LogP contribution in [0.3, 0.4) is 0 Å². The van der Waals surface area contributed by atoms with Crippen LogP contribution in [0.5, 0.6) is 0 Å². The second kappa shape index (κ2) is 4.47. The molecule has 0 fully saturated rings. The second-order valence-electron chi connectivity index (χ2n) is 1.53. The minimum absolute atomic E-state index is 0.404. The third-order valence-electron chi connectivity index (χ3n) is 0.760. The molecule has 0 saturated heterocycles. The zero-order valence-electron chi connectivity index (χ0n) is 5.84. The van der Waals surface area contributed by atoms with Crippen LogP contribution in [-0.4, -0.2) is 19.1 Å². The topological polar surface area (TPSA) is 62.5 Å². The van der Waals surface area contributed by atoms with Gasteiger partial charge in [-0.05, 0) is 6.92 Å². The van der Waals surface area contributed by atoms with Crippen LogP contribution >= 0.6 is 0 Å². The molecular weight excluding hydrogens is 132 g/mol. The normalized spacial score (nSPS) is 10.0. The number of hydrogen-bond donors (Lipinski definition) is 1. The summed E-state index contributed by atoms with van der Waals surface area (Å²) >= 11 is 0. The fraction of sp³-hybridized carbons (Fsp3) is 0.333. The Morgan fingerprint density at radius 1 is 1.80 bits per heavy atom. The maximum atomic E-state index is 10.4. The zero-order chi connectivity index (χ0) is 7.98. The van der Waals surface area contributed by atoms with Crippen molar-refractivity contribution in [1.82, 2.24) is 0 Å². The van der Waals surface area contributed by atoms with Crippen LogP contribution in [0.2, 0.25) is 0 Å². The number of hydrogen-bond acceptors (Lipinski definition) is 4. The Morgan fingerprint density at radius 2 is 2.40 bits per heavy atom. The minimum atomic E-state index is -0.475. The van der Waals surface area contributed by atoms with Gasteiger partial charge in [0, 0.05) is 6.08 Å². The van der Waals surface area contributed by atoms with Gasteiger partial charge in [-0.2, -0.15) is 4.99 Å². The Balaban J connectivity index is 4.15. The van der Waals surface area contributed by atoms with Crippen LogP contribution < -0.4 is 0 Å². The summed E-state index contributed by atoms with van der Waals surface area (Å²) < 4.78 is 4.30. The van der Waals surface area contributed by atoms with Crippen LogP contribution in [-0.2, 0) is 9.53 Å². The number of allylic oxidation sites excluding steroid dienone is 1. The van der Waals surface area contributed by atoms with Gasteiger partial charge in [0.05, 0.1) is 18.8 Å². The summed E-state index contributed by atoms with van der Waals surface area (Å²) in [4.78, 5) is 13.8. The summed E-state index contributed by atoms with van der Waals surface area (Å²) in [5.74, 6) is -0.475. The summed E-state index contributed by atoms with van der Waals surface area (Å²) in [6, 6.07) is 1.80. The van der Waals surface area contributed by atoms with E-state index in [9.17, 15) is 4.79 Å². The molecule has 10 heavy (non-hydrogen) atoms. The second-order valence-corrected chi connectivity index (χ2v) is 1.53. The standard InChI is InChI=1S/C6H8N2O2/c1-5(8-4-7)3-6(9)10-2/h3,7H,1-2H3/b5-3+. The fourth-order valence-electron chi connectivity index (χ4n) is 0.350. The molecule has 0 saturated carbocycles. The van der Waals surface area contributed by atoms with Crippen molar-refractivity contribution in [3.8, 4) is 0 Å². The number of methoxy groups -OCH3 is 1. The van der Waals surface area contributed by atoms with E-state index in [2.05, 4.69) is 9.73 Å². The van der Waals surface area contributed by atoms with Crippen molar-refractivity contribution < 1.29 is 9.53 Å². The first-order valence-corrected chi connectivity index (χ1v) is 2.59. The van der Waals surface area contributed by atoms with Crippen molar-refractivity contribution in [3.63, 3.8) is 0 Å². The molecule has 0 aliphatic rings. The van der Waals surface area contributed by atoms with Crippen molar-refractivity contribution in [2.24, 2.45) is 4.99 Å². The molecule has 0 atom stereocenters. The summed E-state index contributed by atoms with van der Waals surface area (Å²) in [5.41, 5.74) is 0.404. The van der Waals surface area contributed by atoms with Crippen molar-refractivity contribution >= 4 is 12.0 Å². The van der Waals surface area contributed by atoms with Crippen LogP contribution in [0.25, 0.3) is 0 Å². The van der Waals surface area contributed by atoms with Gasteiger partial charge in [0.15, 0.2) is 0 Å². The molecule has 0 aliphatic heterocycles. The van der Waals surface area contributed by atoms with Crippen LogP contribution in [0.15, 0.2) is 16.8 Å². The van der Waals surface area contributed by atoms with Crippen molar-refractivity contribution in [2.45, 2.75) is 6.92 Å². The van der Waals surface area contributed by atoms with Gasteiger partial charge in [-0.25, -0.2) is 10.2 Å². The fourth-order valence-corrected chi connectivity index (χ4v) is 0.350. The molecule has 0 radical (unpaired) electrons. The molecule has 0 heterocycles. The van der Waals surface area contributed by atoms with Gasteiger partial charge in [0.2, 0.25) is 0 Å². The molecule has 0 spiro atoms. The molecule has 0 bridgehead atoms. The predicted octanol–water partition coefficient (Wildman–Crippen LogP) is 0.816. The average molecular weight is 140 g/mol. The number of nitrogens with zero attached hydrogens (tertiary/aromatic N) is 1. The van der Waals surface area contributed by atoms with Gasteiger partial charge in [-0.3, -0.25) is 0 Å². The Hall–Kier alpha value is -1.41. The SMILES string of the molecule is COC(=O)/C=C(\C)N=C=N. The zero-order valence-corrected chi connectivity index (χ0v) is 5.84. The first-order valence-electron chi connectivity index (χ1n) is 2.59. The van der Waals surface area contributed by atoms with E-state index < -0.39 is 5.97 Å². The Morgan fingerprint density at radius 3 is 2.80 bits per heavy atom. The molecule has 0 aliphatic carbocycles. The van der Waals surface area contributed by atoms with E-state index in [-0.39, 0.29) is 0 Å². The molecule has 0 aromatic carbocycles. The summed E-state index contributed by atoms with van der Waals surface area (Å²) in [6.45, 7) is 1.58. The lowest BCUT2D eigenvalue weighted by molar-refractivity contribution is -0.134. The van der Waals surface area contributed by atoms with Gasteiger partial charge in [0.25, 0.3) is 0 Å². The maximum Gasteiger partial charge on any atom is 0.332 e. The number of nitrogens with one attached hydrogen (secondary N) is 1. The lowest BCUT2D eigenvalue weighted by Gasteiger charge is -1.89. The lowest BCUT2D eigenvalue weighted by Crippen LogP contribution is -1.94. The number of esters is 1. The van der Waals surface area contributed by atoms with E-state index >= 15 is 0 Å². The average Bonchev–Trinajstić information content (AvgIpc) is 1.88. The van der Waals surface area contributed by atoms with Crippen LogP contribution in [0.1, 0.15) is 6.92 Å².